The molecule has 17 heavy (non-hydrogen) atoms. The van der Waals surface area contributed by atoms with E-state index in [4.69, 9.17) is 5.26 Å². The first-order valence-electron chi connectivity index (χ1n) is 6.07. The Kier molecular flexibility index (Phi) is 2.65. The molecule has 88 valence electrons. The van der Waals surface area contributed by atoms with E-state index in [2.05, 4.69) is 26.5 Å². The van der Waals surface area contributed by atoms with Crippen LogP contribution in [0.3, 0.4) is 0 Å². The molecule has 0 saturated carbocycles. The second kappa shape index (κ2) is 4.30. The molecule has 4 heterocycles. The van der Waals surface area contributed by atoms with E-state index < -0.39 is 0 Å². The molecule has 0 radical (unpaired) electrons. The third-order valence-corrected chi connectivity index (χ3v) is 3.82. The lowest BCUT2D eigenvalue weighted by Gasteiger charge is -2.45. The second-order valence-electron chi connectivity index (χ2n) is 4.79. The van der Waals surface area contributed by atoms with E-state index >= 15 is 0 Å². The summed E-state index contributed by atoms with van der Waals surface area (Å²) < 4.78 is 0. The Hall–Kier alpha value is -1.67. The van der Waals surface area contributed by atoms with E-state index in [9.17, 15) is 0 Å². The van der Waals surface area contributed by atoms with Gasteiger partial charge in [0.2, 0.25) is 0 Å². The number of hydrogen-bond acceptors (Lipinski definition) is 5. The Morgan fingerprint density at radius 1 is 1.41 bits per heavy atom. The standard InChI is InChI=1S/C12H15N5/c13-7-10-1-4-14-16-12(10)15-11-8-17-5-2-9(11)3-6-17/h1,4,9,11H,2-3,5-6,8H2,(H,15,16). The SMILES string of the molecule is N#Cc1ccnnc1NC1CN2CCC1CC2. The van der Waals surface area contributed by atoms with Gasteiger partial charge in [-0.3, -0.25) is 0 Å². The Labute approximate surface area is 100 Å². The molecule has 3 aliphatic heterocycles. The average molecular weight is 229 g/mol. The van der Waals surface area contributed by atoms with Crippen LogP contribution < -0.4 is 5.32 Å². The van der Waals surface area contributed by atoms with Gasteiger partial charge in [0.05, 0.1) is 11.8 Å². The Balaban J connectivity index is 1.77. The van der Waals surface area contributed by atoms with Gasteiger partial charge in [0.15, 0.2) is 5.82 Å². The van der Waals surface area contributed by atoms with Crippen LogP contribution in [0, 0.1) is 17.2 Å². The maximum Gasteiger partial charge on any atom is 0.166 e. The van der Waals surface area contributed by atoms with Crippen LogP contribution in [0.4, 0.5) is 5.82 Å². The summed E-state index contributed by atoms with van der Waals surface area (Å²) in [4.78, 5) is 2.47. The zero-order chi connectivity index (χ0) is 11.7. The first kappa shape index (κ1) is 10.5. The Morgan fingerprint density at radius 3 is 2.88 bits per heavy atom. The van der Waals surface area contributed by atoms with Crippen LogP contribution in [0.2, 0.25) is 0 Å². The molecule has 0 aromatic carbocycles. The zero-order valence-corrected chi connectivity index (χ0v) is 9.63. The highest BCUT2D eigenvalue weighted by atomic mass is 15.2. The fraction of sp³-hybridized carbons (Fsp3) is 0.583. The lowest BCUT2D eigenvalue weighted by molar-refractivity contribution is 0.0973. The molecule has 0 spiro atoms. The quantitative estimate of drug-likeness (QED) is 0.814. The molecule has 1 atom stereocenters. The molecule has 1 unspecified atom stereocenters. The molecular weight excluding hydrogens is 214 g/mol. The number of piperidine rings is 3. The predicted molar refractivity (Wildman–Crippen MR) is 63.3 cm³/mol. The number of fused-ring (bicyclic) bond motifs is 3. The number of nitrogens with one attached hydrogen (secondary N) is 1. The van der Waals surface area contributed by atoms with Crippen LogP contribution in [0.25, 0.3) is 0 Å². The molecule has 4 rings (SSSR count). The molecule has 2 bridgehead atoms. The van der Waals surface area contributed by atoms with Crippen molar-refractivity contribution in [2.75, 3.05) is 25.0 Å². The Morgan fingerprint density at radius 2 is 2.24 bits per heavy atom. The maximum absolute atomic E-state index is 9.01. The largest absolute Gasteiger partial charge is 0.363 e. The number of hydrogen-bond donors (Lipinski definition) is 1. The number of aromatic nitrogens is 2. The van der Waals surface area contributed by atoms with Crippen LogP contribution in [-0.2, 0) is 0 Å². The topological polar surface area (TPSA) is 64.8 Å². The van der Waals surface area contributed by atoms with Crippen LogP contribution in [0.1, 0.15) is 18.4 Å². The molecule has 1 aromatic heterocycles. The monoisotopic (exact) mass is 229 g/mol. The van der Waals surface area contributed by atoms with Crippen molar-refractivity contribution >= 4 is 5.82 Å². The minimum absolute atomic E-state index is 0.418. The highest BCUT2D eigenvalue weighted by Crippen LogP contribution is 2.29. The molecule has 0 aliphatic carbocycles. The summed E-state index contributed by atoms with van der Waals surface area (Å²) >= 11 is 0. The first-order valence-corrected chi connectivity index (χ1v) is 6.07. The number of anilines is 1. The zero-order valence-electron chi connectivity index (χ0n) is 9.63. The summed E-state index contributed by atoms with van der Waals surface area (Å²) in [6.07, 6.45) is 4.06. The summed E-state index contributed by atoms with van der Waals surface area (Å²) in [6.45, 7) is 3.49. The third kappa shape index (κ3) is 1.96. The fourth-order valence-corrected chi connectivity index (χ4v) is 2.83. The van der Waals surface area contributed by atoms with Gasteiger partial charge < -0.3 is 10.2 Å². The van der Waals surface area contributed by atoms with Crippen LogP contribution in [0.15, 0.2) is 12.3 Å². The molecule has 5 heteroatoms. The minimum Gasteiger partial charge on any atom is -0.363 e. The maximum atomic E-state index is 9.01. The molecular formula is C12H15N5. The molecule has 5 nitrogen and oxygen atoms in total. The van der Waals surface area contributed by atoms with Crippen molar-refractivity contribution in [1.82, 2.24) is 15.1 Å². The van der Waals surface area contributed by atoms with Gasteiger partial charge in [0.1, 0.15) is 6.07 Å². The van der Waals surface area contributed by atoms with Crippen molar-refractivity contribution in [3.63, 3.8) is 0 Å². The van der Waals surface area contributed by atoms with E-state index in [1.165, 1.54) is 25.9 Å². The molecule has 1 aromatic rings. The van der Waals surface area contributed by atoms with E-state index in [1.54, 1.807) is 12.3 Å². The van der Waals surface area contributed by atoms with Crippen molar-refractivity contribution in [1.29, 1.82) is 5.26 Å². The van der Waals surface area contributed by atoms with Gasteiger partial charge in [-0.25, -0.2) is 0 Å². The molecule has 1 N–H and O–H groups in total. The van der Waals surface area contributed by atoms with E-state index in [-0.39, 0.29) is 0 Å². The summed E-state index contributed by atoms with van der Waals surface area (Å²) in [7, 11) is 0. The van der Waals surface area contributed by atoms with Crippen LogP contribution in [0.5, 0.6) is 0 Å². The summed E-state index contributed by atoms with van der Waals surface area (Å²) in [6, 6.07) is 4.27. The summed E-state index contributed by atoms with van der Waals surface area (Å²) in [5.41, 5.74) is 0.580. The lowest BCUT2D eigenvalue weighted by atomic mass is 9.84. The number of nitrogens with zero attached hydrogens (tertiary/aromatic N) is 4. The van der Waals surface area contributed by atoms with Crippen molar-refractivity contribution in [2.45, 2.75) is 18.9 Å². The number of nitriles is 1. The van der Waals surface area contributed by atoms with Gasteiger partial charge in [-0.1, -0.05) is 0 Å². The lowest BCUT2D eigenvalue weighted by Crippen LogP contribution is -2.53. The Bertz CT molecular complexity index is 444. The second-order valence-corrected chi connectivity index (χ2v) is 4.79. The van der Waals surface area contributed by atoms with Gasteiger partial charge in [-0.15, -0.1) is 5.10 Å². The average Bonchev–Trinajstić information content (AvgIpc) is 2.41. The summed E-state index contributed by atoms with van der Waals surface area (Å²) in [5.74, 6) is 1.35. The minimum atomic E-state index is 0.418. The van der Waals surface area contributed by atoms with E-state index in [0.29, 0.717) is 23.3 Å². The predicted octanol–water partition coefficient (Wildman–Crippen LogP) is 0.854. The molecule has 3 saturated heterocycles. The van der Waals surface area contributed by atoms with Crippen LogP contribution >= 0.6 is 0 Å². The molecule has 3 aliphatic rings. The molecule has 0 amide bonds. The van der Waals surface area contributed by atoms with E-state index in [0.717, 1.165) is 6.54 Å². The normalized spacial score (nSPS) is 30.9. The van der Waals surface area contributed by atoms with Gasteiger partial charge in [-0.05, 0) is 37.9 Å². The highest BCUT2D eigenvalue weighted by Gasteiger charge is 2.34. The molecule has 3 fully saturated rings. The van der Waals surface area contributed by atoms with Crippen molar-refractivity contribution in [2.24, 2.45) is 5.92 Å². The van der Waals surface area contributed by atoms with Gasteiger partial charge in [0, 0.05) is 12.6 Å². The fourth-order valence-electron chi connectivity index (χ4n) is 2.83. The van der Waals surface area contributed by atoms with Crippen LogP contribution in [-0.4, -0.2) is 40.8 Å². The van der Waals surface area contributed by atoms with Crippen molar-refractivity contribution in [3.8, 4) is 6.07 Å². The first-order chi connectivity index (χ1) is 8.36. The summed E-state index contributed by atoms with van der Waals surface area (Å²) in [5, 5.41) is 20.3. The third-order valence-electron chi connectivity index (χ3n) is 3.82. The van der Waals surface area contributed by atoms with Gasteiger partial charge in [-0.2, -0.15) is 10.4 Å². The number of rotatable bonds is 2. The highest BCUT2D eigenvalue weighted by molar-refractivity contribution is 5.51. The smallest absolute Gasteiger partial charge is 0.166 e. The van der Waals surface area contributed by atoms with Crippen molar-refractivity contribution in [3.05, 3.63) is 17.8 Å². The van der Waals surface area contributed by atoms with E-state index in [1.807, 2.05) is 0 Å². The van der Waals surface area contributed by atoms with Gasteiger partial charge >= 0.3 is 0 Å². The van der Waals surface area contributed by atoms with Gasteiger partial charge in [0.25, 0.3) is 0 Å². The van der Waals surface area contributed by atoms with Crippen molar-refractivity contribution < 1.29 is 0 Å².